The highest BCUT2D eigenvalue weighted by Crippen LogP contribution is 2.48. The second-order valence-corrected chi connectivity index (χ2v) is 7.81. The topological polar surface area (TPSA) is 60.0 Å². The van der Waals surface area contributed by atoms with Crippen LogP contribution < -0.4 is 9.47 Å². The van der Waals surface area contributed by atoms with E-state index in [9.17, 15) is 22.0 Å². The fourth-order valence-corrected chi connectivity index (χ4v) is 3.64. The summed E-state index contributed by atoms with van der Waals surface area (Å²) < 4.78 is 75.2. The molecule has 32 heavy (non-hydrogen) atoms. The fourth-order valence-electron chi connectivity index (χ4n) is 3.39. The summed E-state index contributed by atoms with van der Waals surface area (Å²) in [5, 5.41) is 0.154. The SMILES string of the molecule is COc1cc(-c2[nH]c(C3CC(F)(F)C3)nc2Cl)ccc1OCc1ccc(C(F)(F)F)nc1. The third-order valence-electron chi connectivity index (χ3n) is 5.12. The van der Waals surface area contributed by atoms with Gasteiger partial charge in [0.05, 0.1) is 12.8 Å². The van der Waals surface area contributed by atoms with Gasteiger partial charge in [-0.25, -0.2) is 13.8 Å². The second kappa shape index (κ2) is 8.23. The highest BCUT2D eigenvalue weighted by molar-refractivity contribution is 6.31. The Bertz CT molecular complexity index is 1110. The first kappa shape index (κ1) is 22.3. The molecule has 0 bridgehead atoms. The zero-order valence-electron chi connectivity index (χ0n) is 16.6. The van der Waals surface area contributed by atoms with Gasteiger partial charge >= 0.3 is 6.18 Å². The summed E-state index contributed by atoms with van der Waals surface area (Å²) in [6.07, 6.45) is -3.96. The third-order valence-corrected chi connectivity index (χ3v) is 5.39. The molecule has 4 rings (SSSR count). The number of aromatic nitrogens is 3. The van der Waals surface area contributed by atoms with Crippen LogP contribution in [0.2, 0.25) is 5.15 Å². The normalized spacial score (nSPS) is 16.0. The van der Waals surface area contributed by atoms with Crippen LogP contribution in [0.25, 0.3) is 11.3 Å². The van der Waals surface area contributed by atoms with Gasteiger partial charge in [0.2, 0.25) is 5.92 Å². The van der Waals surface area contributed by atoms with Crippen molar-refractivity contribution in [2.75, 3.05) is 7.11 Å². The van der Waals surface area contributed by atoms with Crippen molar-refractivity contribution in [3.63, 3.8) is 0 Å². The van der Waals surface area contributed by atoms with E-state index in [2.05, 4.69) is 15.0 Å². The van der Waals surface area contributed by atoms with Crippen molar-refractivity contribution in [1.29, 1.82) is 0 Å². The van der Waals surface area contributed by atoms with Gasteiger partial charge in [-0.15, -0.1) is 0 Å². The maximum Gasteiger partial charge on any atom is 0.433 e. The predicted molar refractivity (Wildman–Crippen MR) is 106 cm³/mol. The lowest BCUT2D eigenvalue weighted by atomic mass is 9.81. The van der Waals surface area contributed by atoms with E-state index in [0.29, 0.717) is 34.1 Å². The molecule has 11 heteroatoms. The van der Waals surface area contributed by atoms with E-state index in [1.54, 1.807) is 18.2 Å². The first-order valence-corrected chi connectivity index (χ1v) is 9.90. The number of aromatic amines is 1. The highest BCUT2D eigenvalue weighted by atomic mass is 35.5. The number of rotatable bonds is 6. The lowest BCUT2D eigenvalue weighted by molar-refractivity contribution is -0.141. The second-order valence-electron chi connectivity index (χ2n) is 7.45. The van der Waals surface area contributed by atoms with Crippen LogP contribution in [-0.2, 0) is 12.8 Å². The molecule has 0 spiro atoms. The number of nitrogens with zero attached hydrogens (tertiary/aromatic N) is 2. The molecular weight excluding hydrogens is 457 g/mol. The van der Waals surface area contributed by atoms with Gasteiger partial charge < -0.3 is 14.5 Å². The van der Waals surface area contributed by atoms with E-state index in [-0.39, 0.29) is 30.5 Å². The molecule has 3 aromatic rings. The minimum Gasteiger partial charge on any atom is -0.493 e. The molecule has 0 radical (unpaired) electrons. The third kappa shape index (κ3) is 4.64. The largest absolute Gasteiger partial charge is 0.493 e. The van der Waals surface area contributed by atoms with Crippen LogP contribution >= 0.6 is 11.6 Å². The Morgan fingerprint density at radius 2 is 1.91 bits per heavy atom. The Morgan fingerprint density at radius 1 is 1.16 bits per heavy atom. The molecule has 0 saturated heterocycles. The number of hydrogen-bond acceptors (Lipinski definition) is 4. The number of methoxy groups -OCH3 is 1. The fraction of sp³-hybridized carbons (Fsp3) is 0.333. The van der Waals surface area contributed by atoms with Crippen LogP contribution in [0.4, 0.5) is 22.0 Å². The lowest BCUT2D eigenvalue weighted by Gasteiger charge is -2.33. The number of benzene rings is 1. The summed E-state index contributed by atoms with van der Waals surface area (Å²) in [4.78, 5) is 10.6. The number of imidazole rings is 1. The molecule has 1 aliphatic carbocycles. The van der Waals surface area contributed by atoms with Gasteiger partial charge in [-0.2, -0.15) is 13.2 Å². The van der Waals surface area contributed by atoms with Gasteiger partial charge in [-0.05, 0) is 24.3 Å². The number of pyridine rings is 1. The maximum atomic E-state index is 13.2. The summed E-state index contributed by atoms with van der Waals surface area (Å²) in [6, 6.07) is 7.10. The average Bonchev–Trinajstić information content (AvgIpc) is 3.11. The summed E-state index contributed by atoms with van der Waals surface area (Å²) in [7, 11) is 1.43. The molecule has 1 aliphatic rings. The van der Waals surface area contributed by atoms with Crippen molar-refractivity contribution in [2.24, 2.45) is 0 Å². The van der Waals surface area contributed by atoms with Crippen LogP contribution in [0.5, 0.6) is 11.5 Å². The number of alkyl halides is 5. The Kier molecular flexibility index (Phi) is 5.74. The number of halogens is 6. The van der Waals surface area contributed by atoms with Crippen molar-refractivity contribution in [2.45, 2.75) is 37.5 Å². The first-order valence-electron chi connectivity index (χ1n) is 9.52. The molecule has 5 nitrogen and oxygen atoms in total. The van der Waals surface area contributed by atoms with Crippen molar-refractivity contribution in [1.82, 2.24) is 15.0 Å². The van der Waals surface area contributed by atoms with Crippen molar-refractivity contribution >= 4 is 11.6 Å². The van der Waals surface area contributed by atoms with Gasteiger partial charge in [0.25, 0.3) is 0 Å². The molecule has 0 atom stereocenters. The Balaban J connectivity index is 1.48. The zero-order valence-corrected chi connectivity index (χ0v) is 17.4. The number of hydrogen-bond donors (Lipinski definition) is 1. The van der Waals surface area contributed by atoms with Crippen LogP contribution in [0.15, 0.2) is 36.5 Å². The van der Waals surface area contributed by atoms with Crippen LogP contribution in [0.1, 0.15) is 35.8 Å². The minimum atomic E-state index is -4.51. The Labute approximate surface area is 184 Å². The molecule has 1 saturated carbocycles. The van der Waals surface area contributed by atoms with Crippen LogP contribution in [-0.4, -0.2) is 28.0 Å². The number of ether oxygens (including phenoxy) is 2. The molecule has 1 aromatic carbocycles. The lowest BCUT2D eigenvalue weighted by Crippen LogP contribution is -2.34. The van der Waals surface area contributed by atoms with Crippen molar-refractivity contribution in [3.05, 3.63) is 58.8 Å². The average molecular weight is 474 g/mol. The molecule has 1 fully saturated rings. The Morgan fingerprint density at radius 3 is 2.50 bits per heavy atom. The van der Waals surface area contributed by atoms with Crippen LogP contribution in [0, 0.1) is 0 Å². The molecule has 170 valence electrons. The summed E-state index contributed by atoms with van der Waals surface area (Å²) in [5.41, 5.74) is 0.543. The van der Waals surface area contributed by atoms with E-state index >= 15 is 0 Å². The Hall–Kier alpha value is -2.88. The van der Waals surface area contributed by atoms with Gasteiger partial charge in [0, 0.05) is 36.1 Å². The standard InChI is InChI=1S/C21H17ClF5N3O2/c1-31-15-6-12(17-18(22)30-19(29-17)13-7-20(23,24)8-13)3-4-14(15)32-10-11-2-5-16(28-9-11)21(25,26)27/h2-6,9,13H,7-8,10H2,1H3,(H,29,30). The molecule has 0 unspecified atom stereocenters. The predicted octanol–water partition coefficient (Wildman–Crippen LogP) is 6.24. The van der Waals surface area contributed by atoms with Crippen molar-refractivity contribution < 1.29 is 31.4 Å². The maximum absolute atomic E-state index is 13.2. The quantitative estimate of drug-likeness (QED) is 0.430. The van der Waals surface area contributed by atoms with Gasteiger partial charge in [0.1, 0.15) is 18.1 Å². The van der Waals surface area contributed by atoms with Gasteiger partial charge in [0.15, 0.2) is 16.7 Å². The molecule has 1 N–H and O–H groups in total. The molecule has 2 heterocycles. The molecular formula is C21H17ClF5N3O2. The molecule has 2 aromatic heterocycles. The van der Waals surface area contributed by atoms with Crippen LogP contribution in [0.3, 0.4) is 0 Å². The molecule has 0 amide bonds. The first-order chi connectivity index (χ1) is 15.1. The van der Waals surface area contributed by atoms with E-state index < -0.39 is 17.8 Å². The summed E-state index contributed by atoms with van der Waals surface area (Å²) in [6.45, 7) is -0.0221. The summed E-state index contributed by atoms with van der Waals surface area (Å²) in [5.74, 6) is -1.94. The minimum absolute atomic E-state index is 0.0221. The zero-order chi connectivity index (χ0) is 23.1. The highest BCUT2D eigenvalue weighted by Gasteiger charge is 2.47. The monoisotopic (exact) mass is 473 g/mol. The van der Waals surface area contributed by atoms with E-state index in [1.807, 2.05) is 0 Å². The van der Waals surface area contributed by atoms with Gasteiger partial charge in [-0.1, -0.05) is 17.7 Å². The molecule has 0 aliphatic heterocycles. The van der Waals surface area contributed by atoms with E-state index in [1.165, 1.54) is 13.2 Å². The summed E-state index contributed by atoms with van der Waals surface area (Å²) >= 11 is 6.21. The van der Waals surface area contributed by atoms with E-state index in [4.69, 9.17) is 21.1 Å². The smallest absolute Gasteiger partial charge is 0.433 e. The van der Waals surface area contributed by atoms with Gasteiger partial charge in [-0.3, -0.25) is 4.98 Å². The number of H-pyrrole nitrogens is 1. The number of nitrogens with one attached hydrogen (secondary N) is 1. The van der Waals surface area contributed by atoms with Crippen molar-refractivity contribution in [3.8, 4) is 22.8 Å². The van der Waals surface area contributed by atoms with E-state index in [0.717, 1.165) is 12.3 Å².